The maximum Gasteiger partial charge on any atom is 0.329 e. The van der Waals surface area contributed by atoms with Crippen molar-refractivity contribution in [2.75, 3.05) is 31.6 Å². The molecule has 0 radical (unpaired) electrons. The van der Waals surface area contributed by atoms with E-state index in [4.69, 9.17) is 4.74 Å². The molecular formula is C17H22N4O4. The maximum atomic E-state index is 11.9. The van der Waals surface area contributed by atoms with Gasteiger partial charge in [0.15, 0.2) is 0 Å². The van der Waals surface area contributed by atoms with E-state index >= 15 is 0 Å². The number of nitrogens with one attached hydrogen (secondary N) is 2. The number of ether oxygens (including phenoxy) is 1. The molecule has 0 aromatic heterocycles. The van der Waals surface area contributed by atoms with Crippen molar-refractivity contribution in [2.24, 2.45) is 5.10 Å². The summed E-state index contributed by atoms with van der Waals surface area (Å²) in [4.78, 5) is 37.1. The van der Waals surface area contributed by atoms with Gasteiger partial charge in [-0.1, -0.05) is 17.7 Å². The Labute approximate surface area is 146 Å². The Morgan fingerprint density at radius 2 is 1.80 bits per heavy atom. The summed E-state index contributed by atoms with van der Waals surface area (Å²) >= 11 is 0. The summed E-state index contributed by atoms with van der Waals surface area (Å²) in [7, 11) is 0. The lowest BCUT2D eigenvalue weighted by atomic mass is 10.2. The van der Waals surface area contributed by atoms with E-state index in [1.54, 1.807) is 6.92 Å². The average molecular weight is 346 g/mol. The first-order chi connectivity index (χ1) is 12.0. The number of anilines is 1. The maximum absolute atomic E-state index is 11.9. The fourth-order valence-corrected chi connectivity index (χ4v) is 2.22. The van der Waals surface area contributed by atoms with Crippen LogP contribution >= 0.6 is 0 Å². The highest BCUT2D eigenvalue weighted by atomic mass is 16.5. The molecule has 8 heteroatoms. The minimum absolute atomic E-state index is 0.0138. The van der Waals surface area contributed by atoms with Crippen LogP contribution in [0.25, 0.3) is 0 Å². The van der Waals surface area contributed by atoms with Gasteiger partial charge < -0.3 is 15.0 Å². The van der Waals surface area contributed by atoms with Gasteiger partial charge in [0.1, 0.15) is 0 Å². The van der Waals surface area contributed by atoms with Crippen LogP contribution in [0.2, 0.25) is 0 Å². The third-order valence-corrected chi connectivity index (χ3v) is 3.59. The van der Waals surface area contributed by atoms with Crippen molar-refractivity contribution in [3.05, 3.63) is 29.8 Å². The van der Waals surface area contributed by atoms with Crippen molar-refractivity contribution < 1.29 is 19.1 Å². The number of benzene rings is 1. The number of carbonyl (C=O) groups excluding carboxylic acids is 3. The lowest BCUT2D eigenvalue weighted by Gasteiger charge is -2.25. The second-order valence-electron chi connectivity index (χ2n) is 5.78. The van der Waals surface area contributed by atoms with Crippen molar-refractivity contribution in [1.82, 2.24) is 10.3 Å². The van der Waals surface area contributed by atoms with Crippen LogP contribution in [0.5, 0.6) is 0 Å². The molecule has 0 spiro atoms. The molecule has 1 aromatic carbocycles. The third kappa shape index (κ3) is 6.00. The van der Waals surface area contributed by atoms with Gasteiger partial charge in [-0.2, -0.15) is 5.10 Å². The molecule has 1 heterocycles. The second kappa shape index (κ2) is 8.93. The van der Waals surface area contributed by atoms with Gasteiger partial charge in [0.05, 0.1) is 19.6 Å². The van der Waals surface area contributed by atoms with Gasteiger partial charge in [0.2, 0.25) is 5.91 Å². The van der Waals surface area contributed by atoms with Crippen molar-refractivity contribution in [3.8, 4) is 0 Å². The van der Waals surface area contributed by atoms with Gasteiger partial charge in [0, 0.05) is 24.5 Å². The van der Waals surface area contributed by atoms with Gasteiger partial charge >= 0.3 is 11.8 Å². The highest BCUT2D eigenvalue weighted by Gasteiger charge is 2.23. The van der Waals surface area contributed by atoms with Crippen molar-refractivity contribution in [2.45, 2.75) is 20.3 Å². The van der Waals surface area contributed by atoms with Crippen molar-refractivity contribution in [1.29, 1.82) is 0 Å². The fraction of sp³-hybridized carbons (Fsp3) is 0.412. The molecule has 2 N–H and O–H groups in total. The highest BCUT2D eigenvalue weighted by molar-refractivity contribution is 6.35. The second-order valence-corrected chi connectivity index (χ2v) is 5.78. The summed E-state index contributed by atoms with van der Waals surface area (Å²) in [6.07, 6.45) is 0.0138. The topological polar surface area (TPSA) is 100 Å². The standard InChI is InChI=1S/C17H22N4O4/c1-12-3-5-14(6-4-12)18-15(22)11-13(2)19-20-16(23)17(24)21-7-9-25-10-8-21/h3-6H,7-11H2,1-2H3,(H,18,22)(H,20,23)/b19-13-. The SMILES string of the molecule is C/C(CC(=O)Nc1ccc(C)cc1)=N/NC(=O)C(=O)N1CCOCC1. The summed E-state index contributed by atoms with van der Waals surface area (Å²) in [5.41, 5.74) is 4.38. The summed E-state index contributed by atoms with van der Waals surface area (Å²) in [5.74, 6) is -1.72. The third-order valence-electron chi connectivity index (χ3n) is 3.59. The van der Waals surface area contributed by atoms with Crippen LogP contribution in [0.4, 0.5) is 5.69 Å². The Morgan fingerprint density at radius 1 is 1.16 bits per heavy atom. The molecule has 0 atom stereocenters. The van der Waals surface area contributed by atoms with E-state index in [0.29, 0.717) is 37.7 Å². The van der Waals surface area contributed by atoms with Crippen LogP contribution < -0.4 is 10.7 Å². The average Bonchev–Trinajstić information content (AvgIpc) is 2.61. The fourth-order valence-electron chi connectivity index (χ4n) is 2.22. The normalized spacial score (nSPS) is 14.8. The number of aryl methyl sites for hydroxylation is 1. The van der Waals surface area contributed by atoms with Gasteiger partial charge in [0.25, 0.3) is 0 Å². The number of morpholine rings is 1. The first-order valence-electron chi connectivity index (χ1n) is 8.02. The van der Waals surface area contributed by atoms with Crippen LogP contribution in [0.1, 0.15) is 18.9 Å². The summed E-state index contributed by atoms with van der Waals surface area (Å²) in [5, 5.41) is 6.55. The highest BCUT2D eigenvalue weighted by Crippen LogP contribution is 2.09. The van der Waals surface area contributed by atoms with Crippen LogP contribution in [0, 0.1) is 6.92 Å². The van der Waals surface area contributed by atoms with Crippen molar-refractivity contribution >= 4 is 29.1 Å². The molecule has 0 unspecified atom stereocenters. The molecule has 25 heavy (non-hydrogen) atoms. The first kappa shape index (κ1) is 18.6. The first-order valence-corrected chi connectivity index (χ1v) is 8.02. The number of amides is 3. The number of rotatable bonds is 4. The molecule has 1 aromatic rings. The smallest absolute Gasteiger partial charge is 0.329 e. The van der Waals surface area contributed by atoms with Crippen LogP contribution in [0.15, 0.2) is 29.4 Å². The number of hydrogen-bond acceptors (Lipinski definition) is 5. The monoisotopic (exact) mass is 346 g/mol. The molecule has 0 aliphatic carbocycles. The van der Waals surface area contributed by atoms with Gasteiger partial charge in [-0.05, 0) is 26.0 Å². The van der Waals surface area contributed by atoms with E-state index < -0.39 is 11.8 Å². The summed E-state index contributed by atoms with van der Waals surface area (Å²) < 4.78 is 5.13. The quantitative estimate of drug-likeness (QED) is 0.475. The molecular weight excluding hydrogens is 324 g/mol. The lowest BCUT2D eigenvalue weighted by molar-refractivity contribution is -0.148. The van der Waals surface area contributed by atoms with E-state index in [1.165, 1.54) is 4.90 Å². The minimum Gasteiger partial charge on any atom is -0.378 e. The van der Waals surface area contributed by atoms with Gasteiger partial charge in [-0.15, -0.1) is 0 Å². The number of hydrogen-bond donors (Lipinski definition) is 2. The summed E-state index contributed by atoms with van der Waals surface area (Å²) in [6.45, 7) is 5.17. The molecule has 1 aliphatic rings. The van der Waals surface area contributed by atoms with Crippen LogP contribution in [-0.2, 0) is 19.1 Å². The van der Waals surface area contributed by atoms with E-state index in [0.717, 1.165) is 5.56 Å². The number of hydrazone groups is 1. The molecule has 3 amide bonds. The molecule has 1 saturated heterocycles. The zero-order chi connectivity index (χ0) is 18.2. The zero-order valence-corrected chi connectivity index (χ0v) is 14.4. The Balaban J connectivity index is 1.79. The Hall–Kier alpha value is -2.74. The molecule has 0 bridgehead atoms. The largest absolute Gasteiger partial charge is 0.378 e. The Morgan fingerprint density at radius 3 is 2.44 bits per heavy atom. The Kier molecular flexibility index (Phi) is 6.64. The van der Waals surface area contributed by atoms with Crippen LogP contribution in [-0.4, -0.2) is 54.6 Å². The molecule has 0 saturated carbocycles. The van der Waals surface area contributed by atoms with Crippen molar-refractivity contribution in [3.63, 3.8) is 0 Å². The van der Waals surface area contributed by atoms with Gasteiger partial charge in [-0.3, -0.25) is 14.4 Å². The number of nitrogens with zero attached hydrogens (tertiary/aromatic N) is 2. The van der Waals surface area contributed by atoms with E-state index in [2.05, 4.69) is 15.8 Å². The minimum atomic E-state index is -0.819. The van der Waals surface area contributed by atoms with E-state index in [1.807, 2.05) is 31.2 Å². The molecule has 2 rings (SSSR count). The van der Waals surface area contributed by atoms with E-state index in [-0.39, 0.29) is 12.3 Å². The Bertz CT molecular complexity index is 664. The molecule has 8 nitrogen and oxygen atoms in total. The summed E-state index contributed by atoms with van der Waals surface area (Å²) in [6, 6.07) is 7.41. The predicted molar refractivity (Wildman–Crippen MR) is 93.1 cm³/mol. The molecule has 1 aliphatic heterocycles. The lowest BCUT2D eigenvalue weighted by Crippen LogP contribution is -2.47. The van der Waals surface area contributed by atoms with Crippen LogP contribution in [0.3, 0.4) is 0 Å². The predicted octanol–water partition coefficient (Wildman–Crippen LogP) is 0.675. The molecule has 1 fully saturated rings. The molecule has 134 valence electrons. The van der Waals surface area contributed by atoms with E-state index in [9.17, 15) is 14.4 Å². The zero-order valence-electron chi connectivity index (χ0n) is 14.4. The van der Waals surface area contributed by atoms with Gasteiger partial charge in [-0.25, -0.2) is 5.43 Å². The number of carbonyl (C=O) groups is 3.